The van der Waals surface area contributed by atoms with Gasteiger partial charge in [0.1, 0.15) is 23.4 Å². The molecule has 0 heterocycles. The molecule has 2 amide bonds. The molecule has 7 nitrogen and oxygen atoms in total. The molecule has 2 saturated carbocycles. The van der Waals surface area contributed by atoms with Crippen molar-refractivity contribution in [3.63, 3.8) is 0 Å². The molecular formula is C15H22FN2O5. The fourth-order valence-electron chi connectivity index (χ4n) is 2.89. The third-order valence-corrected chi connectivity index (χ3v) is 4.06. The molecule has 0 aromatic rings. The molecule has 0 aromatic heterocycles. The van der Waals surface area contributed by atoms with E-state index in [1.807, 2.05) is 0 Å². The van der Waals surface area contributed by atoms with Gasteiger partial charge >= 0.3 is 12.1 Å². The van der Waals surface area contributed by atoms with Crippen LogP contribution in [0.3, 0.4) is 0 Å². The van der Waals surface area contributed by atoms with E-state index in [0.29, 0.717) is 0 Å². The normalized spacial score (nSPS) is 33.3. The minimum absolute atomic E-state index is 0.265. The van der Waals surface area contributed by atoms with Crippen LogP contribution in [0.1, 0.15) is 34.1 Å². The van der Waals surface area contributed by atoms with Crippen LogP contribution >= 0.6 is 0 Å². The maximum Gasteiger partial charge on any atom is 0.408 e. The molecule has 5 atom stereocenters. The van der Waals surface area contributed by atoms with Crippen LogP contribution in [0.2, 0.25) is 0 Å². The predicted octanol–water partition coefficient (Wildman–Crippen LogP) is 1.03. The number of nitrogens with one attached hydrogen (secondary N) is 2. The molecule has 0 aromatic carbocycles. The zero-order valence-electron chi connectivity index (χ0n) is 13.6. The lowest BCUT2D eigenvalue weighted by molar-refractivity contribution is -0.148. The fraction of sp³-hybridized carbons (Fsp3) is 0.733. The summed E-state index contributed by atoms with van der Waals surface area (Å²) in [5, 5.41) is 14.2. The van der Waals surface area contributed by atoms with Crippen LogP contribution in [-0.2, 0) is 14.3 Å². The molecule has 1 radical (unpaired) electrons. The highest BCUT2D eigenvalue weighted by molar-refractivity contribution is 5.92. The van der Waals surface area contributed by atoms with Gasteiger partial charge in [-0.2, -0.15) is 0 Å². The Morgan fingerprint density at radius 1 is 1.39 bits per heavy atom. The van der Waals surface area contributed by atoms with Gasteiger partial charge in [0.25, 0.3) is 0 Å². The smallest absolute Gasteiger partial charge is 0.408 e. The van der Waals surface area contributed by atoms with E-state index in [1.54, 1.807) is 27.2 Å². The van der Waals surface area contributed by atoms with Crippen molar-refractivity contribution in [3.8, 4) is 0 Å². The summed E-state index contributed by atoms with van der Waals surface area (Å²) in [5.74, 6) is -2.88. The van der Waals surface area contributed by atoms with Gasteiger partial charge in [0.2, 0.25) is 5.91 Å². The fourth-order valence-corrected chi connectivity index (χ4v) is 2.89. The van der Waals surface area contributed by atoms with Crippen LogP contribution in [0.4, 0.5) is 9.18 Å². The van der Waals surface area contributed by atoms with E-state index in [9.17, 15) is 23.9 Å². The second kappa shape index (κ2) is 5.65. The largest absolute Gasteiger partial charge is 0.479 e. The number of alkyl carbamates (subject to hydrolysis) is 1. The zero-order chi connectivity index (χ0) is 17.6. The van der Waals surface area contributed by atoms with Crippen molar-refractivity contribution < 1.29 is 28.6 Å². The number of rotatable bonds is 4. The van der Waals surface area contributed by atoms with Crippen LogP contribution in [0.15, 0.2) is 0 Å². The maximum atomic E-state index is 13.7. The lowest BCUT2D eigenvalue weighted by atomic mass is 9.92. The minimum atomic E-state index is -1.63. The average Bonchev–Trinajstić information content (AvgIpc) is 3.10. The Bertz CT molecular complexity index is 532. The number of carbonyl (C=O) groups is 3. The summed E-state index contributed by atoms with van der Waals surface area (Å²) in [4.78, 5) is 35.4. The number of carboxylic acids is 1. The summed E-state index contributed by atoms with van der Waals surface area (Å²) in [7, 11) is 0. The molecule has 8 heteroatoms. The van der Waals surface area contributed by atoms with E-state index >= 15 is 0 Å². The van der Waals surface area contributed by atoms with Gasteiger partial charge in [0.15, 0.2) is 0 Å². The van der Waals surface area contributed by atoms with E-state index in [0.717, 1.165) is 0 Å². The molecule has 2 rings (SSSR count). The van der Waals surface area contributed by atoms with Crippen LogP contribution in [0, 0.1) is 18.3 Å². The van der Waals surface area contributed by atoms with E-state index in [1.165, 1.54) is 6.92 Å². The van der Waals surface area contributed by atoms with Gasteiger partial charge < -0.3 is 20.5 Å². The first-order valence-electron chi connectivity index (χ1n) is 7.50. The summed E-state index contributed by atoms with van der Waals surface area (Å²) in [6.07, 6.45) is -0.728. The molecule has 129 valence electrons. The number of hydrogen-bond acceptors (Lipinski definition) is 4. The number of carboxylic acid groups (broad SMARTS) is 1. The van der Waals surface area contributed by atoms with Gasteiger partial charge in [-0.25, -0.2) is 14.0 Å². The second-order valence-electron chi connectivity index (χ2n) is 7.15. The Kier molecular flexibility index (Phi) is 4.30. The van der Waals surface area contributed by atoms with Crippen LogP contribution in [0.5, 0.6) is 0 Å². The van der Waals surface area contributed by atoms with Crippen LogP contribution < -0.4 is 10.6 Å². The topological polar surface area (TPSA) is 105 Å². The molecule has 0 spiro atoms. The number of hydrogen-bond donors (Lipinski definition) is 3. The molecular weight excluding hydrogens is 307 g/mol. The predicted molar refractivity (Wildman–Crippen MR) is 78.1 cm³/mol. The highest BCUT2D eigenvalue weighted by atomic mass is 19.1. The third kappa shape index (κ3) is 3.56. The van der Waals surface area contributed by atoms with Crippen molar-refractivity contribution in [1.82, 2.24) is 10.6 Å². The molecule has 2 aliphatic rings. The zero-order valence-corrected chi connectivity index (χ0v) is 13.6. The highest BCUT2D eigenvalue weighted by Crippen LogP contribution is 2.57. The quantitative estimate of drug-likeness (QED) is 0.714. The van der Waals surface area contributed by atoms with Gasteiger partial charge in [-0.15, -0.1) is 0 Å². The molecule has 3 N–H and O–H groups in total. The maximum absolute atomic E-state index is 13.7. The Morgan fingerprint density at radius 2 is 2.00 bits per heavy atom. The first kappa shape index (κ1) is 17.5. The second-order valence-corrected chi connectivity index (χ2v) is 7.15. The lowest BCUT2D eigenvalue weighted by Crippen LogP contribution is -2.59. The number of aliphatic carboxylic acids is 1. The van der Waals surface area contributed by atoms with Crippen LogP contribution in [-0.4, -0.2) is 46.4 Å². The molecule has 0 unspecified atom stereocenters. The van der Waals surface area contributed by atoms with Gasteiger partial charge in [-0.1, -0.05) is 0 Å². The molecule has 23 heavy (non-hydrogen) atoms. The lowest BCUT2D eigenvalue weighted by Gasteiger charge is -2.29. The standard InChI is InChI=1S/C15H22FN2O5/c1-7(17-13(22)23-14(2,3)4)11(19)18-15(12(20)21)6-10(16)8-5-9(8)15/h5,7-10H,6H2,1-4H3,(H,17,22)(H,18,19)(H,20,21)/t7-,8-,9+,10+,15-/m0/s1. The Morgan fingerprint density at radius 3 is 2.39 bits per heavy atom. The first-order chi connectivity index (χ1) is 10.5. The van der Waals surface area contributed by atoms with Crippen molar-refractivity contribution in [1.29, 1.82) is 0 Å². The summed E-state index contributed by atoms with van der Waals surface area (Å²) < 4.78 is 18.8. The number of fused-ring (bicyclic) bond motifs is 1. The Hall–Kier alpha value is -1.86. The Labute approximate surface area is 133 Å². The van der Waals surface area contributed by atoms with E-state index in [-0.39, 0.29) is 6.42 Å². The van der Waals surface area contributed by atoms with Gasteiger partial charge in [-0.05, 0) is 40.0 Å². The van der Waals surface area contributed by atoms with Crippen molar-refractivity contribution in [2.24, 2.45) is 11.8 Å². The summed E-state index contributed by atoms with van der Waals surface area (Å²) in [5.41, 5.74) is -2.35. The Balaban J connectivity index is 1.97. The van der Waals surface area contributed by atoms with Gasteiger partial charge in [0.05, 0.1) is 0 Å². The first-order valence-corrected chi connectivity index (χ1v) is 7.50. The SMILES string of the molecule is C[C@H](NC(=O)OC(C)(C)C)C(=O)N[C@@]1(C(=O)O)C[C@@H](F)[C@H]2[CH][C@H]21. The van der Waals surface area contributed by atoms with E-state index in [2.05, 4.69) is 10.6 Å². The van der Waals surface area contributed by atoms with Gasteiger partial charge in [-0.3, -0.25) is 4.79 Å². The molecule has 0 bridgehead atoms. The number of ether oxygens (including phenoxy) is 1. The average molecular weight is 329 g/mol. The summed E-state index contributed by atoms with van der Waals surface area (Å²) in [6.45, 7) is 6.45. The molecule has 2 aliphatic carbocycles. The van der Waals surface area contributed by atoms with Crippen molar-refractivity contribution >= 4 is 18.0 Å². The van der Waals surface area contributed by atoms with Crippen LogP contribution in [0.25, 0.3) is 0 Å². The highest BCUT2D eigenvalue weighted by Gasteiger charge is 2.68. The number of halogens is 1. The van der Waals surface area contributed by atoms with E-state index < -0.39 is 53.2 Å². The monoisotopic (exact) mass is 329 g/mol. The van der Waals surface area contributed by atoms with Crippen molar-refractivity contribution in [2.75, 3.05) is 0 Å². The number of carbonyl (C=O) groups excluding carboxylic acids is 2. The van der Waals surface area contributed by atoms with Crippen molar-refractivity contribution in [3.05, 3.63) is 6.42 Å². The third-order valence-electron chi connectivity index (χ3n) is 4.06. The number of amides is 2. The molecule has 0 saturated heterocycles. The van der Waals surface area contributed by atoms with Gasteiger partial charge in [0, 0.05) is 12.3 Å². The summed E-state index contributed by atoms with van der Waals surface area (Å²) in [6, 6.07) is -1.00. The number of alkyl halides is 1. The van der Waals surface area contributed by atoms with E-state index in [4.69, 9.17) is 4.74 Å². The molecule has 2 fully saturated rings. The van der Waals surface area contributed by atoms with Crippen molar-refractivity contribution in [2.45, 2.75) is 57.5 Å². The summed E-state index contributed by atoms with van der Waals surface area (Å²) >= 11 is 0. The minimum Gasteiger partial charge on any atom is -0.479 e. The molecule has 0 aliphatic heterocycles.